The van der Waals surface area contributed by atoms with Gasteiger partial charge in [0.1, 0.15) is 11.0 Å². The van der Waals surface area contributed by atoms with Crippen LogP contribution in [0.3, 0.4) is 0 Å². The Hall–Kier alpha value is -2.52. The highest BCUT2D eigenvalue weighted by atomic mass is 32.1. The topological polar surface area (TPSA) is 96.4 Å². The number of anilines is 1. The Morgan fingerprint density at radius 3 is 2.62 bits per heavy atom. The van der Waals surface area contributed by atoms with E-state index in [1.165, 1.54) is 11.3 Å². The van der Waals surface area contributed by atoms with Crippen molar-refractivity contribution in [1.82, 2.24) is 20.4 Å². The van der Waals surface area contributed by atoms with Crippen LogP contribution in [-0.2, 0) is 16.0 Å². The molecule has 1 atom stereocenters. The average Bonchev–Trinajstić information content (AvgIpc) is 3.07. The van der Waals surface area contributed by atoms with Gasteiger partial charge in [-0.2, -0.15) is 0 Å². The molecule has 0 spiro atoms. The molecule has 26 heavy (non-hydrogen) atoms. The van der Waals surface area contributed by atoms with Crippen LogP contribution >= 0.6 is 11.3 Å². The van der Waals surface area contributed by atoms with Gasteiger partial charge in [0.2, 0.25) is 11.0 Å². The Morgan fingerprint density at radius 2 is 1.96 bits per heavy atom. The van der Waals surface area contributed by atoms with Crippen LogP contribution in [0.1, 0.15) is 10.6 Å². The molecule has 2 aromatic rings. The molecule has 9 heteroatoms. The van der Waals surface area contributed by atoms with Gasteiger partial charge >= 0.3 is 6.03 Å². The summed E-state index contributed by atoms with van der Waals surface area (Å²) in [6.07, 6.45) is 0.389. The Labute approximate surface area is 155 Å². The monoisotopic (exact) mass is 375 g/mol. The van der Waals surface area contributed by atoms with Crippen molar-refractivity contribution in [3.8, 4) is 0 Å². The molecule has 2 heterocycles. The zero-order valence-corrected chi connectivity index (χ0v) is 15.3. The summed E-state index contributed by atoms with van der Waals surface area (Å²) in [5.41, 5.74) is 0.961. The van der Waals surface area contributed by atoms with Crippen LogP contribution in [0, 0.1) is 6.92 Å². The van der Waals surface area contributed by atoms with Crippen molar-refractivity contribution in [2.24, 2.45) is 0 Å². The van der Waals surface area contributed by atoms with Gasteiger partial charge in [-0.25, -0.2) is 4.79 Å². The zero-order chi connectivity index (χ0) is 18.4. The average molecular weight is 375 g/mol. The van der Waals surface area contributed by atoms with E-state index in [1.54, 1.807) is 4.90 Å². The SMILES string of the molecule is Cc1nnc(NC(=O)[C@H](Cc2ccccc2)NC(=O)N2CCOCC2)s1. The standard InChI is InChI=1S/C17H21N5O3S/c1-12-20-21-16(26-12)19-15(23)14(11-13-5-3-2-4-6-13)18-17(24)22-7-9-25-10-8-22/h2-6,14H,7-11H2,1H3,(H,18,24)(H,19,21,23)/t14-/m0/s1. The third kappa shape index (κ3) is 4.99. The number of aromatic nitrogens is 2. The van der Waals surface area contributed by atoms with Gasteiger partial charge in [0.05, 0.1) is 13.2 Å². The number of carbonyl (C=O) groups is 2. The number of hydrogen-bond acceptors (Lipinski definition) is 6. The molecule has 0 radical (unpaired) electrons. The van der Waals surface area contributed by atoms with Gasteiger partial charge in [-0.3, -0.25) is 10.1 Å². The highest BCUT2D eigenvalue weighted by Crippen LogP contribution is 2.15. The summed E-state index contributed by atoms with van der Waals surface area (Å²) in [7, 11) is 0. The number of morpholine rings is 1. The summed E-state index contributed by atoms with van der Waals surface area (Å²) >= 11 is 1.29. The van der Waals surface area contributed by atoms with Crippen molar-refractivity contribution in [3.05, 3.63) is 40.9 Å². The molecule has 1 aromatic heterocycles. The predicted octanol–water partition coefficient (Wildman–Crippen LogP) is 1.44. The fraction of sp³-hybridized carbons (Fsp3) is 0.412. The maximum absolute atomic E-state index is 12.7. The zero-order valence-electron chi connectivity index (χ0n) is 14.5. The van der Waals surface area contributed by atoms with Crippen molar-refractivity contribution in [2.45, 2.75) is 19.4 Å². The summed E-state index contributed by atoms with van der Waals surface area (Å²) in [6.45, 7) is 3.86. The van der Waals surface area contributed by atoms with Crippen LogP contribution in [-0.4, -0.2) is 59.4 Å². The Bertz CT molecular complexity index is 746. The third-order valence-electron chi connectivity index (χ3n) is 3.95. The van der Waals surface area contributed by atoms with E-state index in [1.807, 2.05) is 37.3 Å². The van der Waals surface area contributed by atoms with Crippen LogP contribution < -0.4 is 10.6 Å². The number of carbonyl (C=O) groups excluding carboxylic acids is 2. The molecule has 0 unspecified atom stereocenters. The van der Waals surface area contributed by atoms with Gasteiger partial charge in [-0.1, -0.05) is 41.7 Å². The van der Waals surface area contributed by atoms with Gasteiger partial charge in [-0.15, -0.1) is 10.2 Å². The molecule has 1 aliphatic heterocycles. The molecule has 3 amide bonds. The summed E-state index contributed by atoms with van der Waals surface area (Å²) in [5.74, 6) is -0.313. The minimum Gasteiger partial charge on any atom is -0.378 e. The van der Waals surface area contributed by atoms with Crippen LogP contribution in [0.4, 0.5) is 9.93 Å². The molecule has 0 bridgehead atoms. The lowest BCUT2D eigenvalue weighted by molar-refractivity contribution is -0.118. The molecule has 0 saturated carbocycles. The largest absolute Gasteiger partial charge is 0.378 e. The fourth-order valence-electron chi connectivity index (χ4n) is 2.61. The molecule has 8 nitrogen and oxygen atoms in total. The van der Waals surface area contributed by atoms with E-state index in [9.17, 15) is 9.59 Å². The van der Waals surface area contributed by atoms with Gasteiger partial charge in [-0.05, 0) is 12.5 Å². The maximum Gasteiger partial charge on any atom is 0.318 e. The fourth-order valence-corrected chi connectivity index (χ4v) is 3.20. The number of rotatable bonds is 5. The lowest BCUT2D eigenvalue weighted by Gasteiger charge is -2.29. The highest BCUT2D eigenvalue weighted by Gasteiger charge is 2.25. The highest BCUT2D eigenvalue weighted by molar-refractivity contribution is 7.15. The Balaban J connectivity index is 1.69. The predicted molar refractivity (Wildman–Crippen MR) is 98.1 cm³/mol. The first-order chi connectivity index (χ1) is 12.6. The van der Waals surface area contributed by atoms with Crippen molar-refractivity contribution in [1.29, 1.82) is 0 Å². The second kappa shape index (κ2) is 8.72. The third-order valence-corrected chi connectivity index (χ3v) is 4.71. The van der Waals surface area contributed by atoms with E-state index >= 15 is 0 Å². The number of amides is 3. The lowest BCUT2D eigenvalue weighted by Crippen LogP contribution is -2.53. The number of benzene rings is 1. The quantitative estimate of drug-likeness (QED) is 0.824. The molecule has 1 aromatic carbocycles. The van der Waals surface area contributed by atoms with Crippen LogP contribution in [0.15, 0.2) is 30.3 Å². The molecule has 1 aliphatic rings. The number of aryl methyl sites for hydroxylation is 1. The summed E-state index contributed by atoms with van der Waals surface area (Å²) in [6, 6.07) is 8.60. The molecular weight excluding hydrogens is 354 g/mol. The number of ether oxygens (including phenoxy) is 1. The second-order valence-electron chi connectivity index (χ2n) is 5.91. The van der Waals surface area contributed by atoms with E-state index in [2.05, 4.69) is 20.8 Å². The van der Waals surface area contributed by atoms with Crippen molar-refractivity contribution >= 4 is 28.4 Å². The minimum atomic E-state index is -0.711. The van der Waals surface area contributed by atoms with Crippen LogP contribution in [0.5, 0.6) is 0 Å². The van der Waals surface area contributed by atoms with Gasteiger partial charge in [0.25, 0.3) is 0 Å². The Kier molecular flexibility index (Phi) is 6.13. The van der Waals surface area contributed by atoms with Gasteiger partial charge in [0.15, 0.2) is 0 Å². The number of urea groups is 1. The number of nitrogens with one attached hydrogen (secondary N) is 2. The second-order valence-corrected chi connectivity index (χ2v) is 7.09. The first kappa shape index (κ1) is 18.3. The normalized spacial score (nSPS) is 15.3. The molecule has 0 aliphatic carbocycles. The Morgan fingerprint density at radius 1 is 1.23 bits per heavy atom. The van der Waals surface area contributed by atoms with Crippen molar-refractivity contribution in [3.63, 3.8) is 0 Å². The van der Waals surface area contributed by atoms with Gasteiger partial charge < -0.3 is 15.0 Å². The number of hydrogen-bond donors (Lipinski definition) is 2. The van der Waals surface area contributed by atoms with E-state index in [4.69, 9.17) is 4.74 Å². The van der Waals surface area contributed by atoms with Crippen molar-refractivity contribution in [2.75, 3.05) is 31.6 Å². The minimum absolute atomic E-state index is 0.266. The van der Waals surface area contributed by atoms with Crippen LogP contribution in [0.2, 0.25) is 0 Å². The summed E-state index contributed by atoms with van der Waals surface area (Å²) < 4.78 is 5.26. The smallest absolute Gasteiger partial charge is 0.318 e. The number of nitrogens with zero attached hydrogens (tertiary/aromatic N) is 3. The summed E-state index contributed by atoms with van der Waals surface area (Å²) in [4.78, 5) is 26.9. The molecule has 138 valence electrons. The van der Waals surface area contributed by atoms with E-state index in [-0.39, 0.29) is 11.9 Å². The van der Waals surface area contributed by atoms with E-state index in [0.717, 1.165) is 10.6 Å². The van der Waals surface area contributed by atoms with Crippen LogP contribution in [0.25, 0.3) is 0 Å². The maximum atomic E-state index is 12.7. The van der Waals surface area contributed by atoms with Crippen molar-refractivity contribution < 1.29 is 14.3 Å². The van der Waals surface area contributed by atoms with Gasteiger partial charge in [0, 0.05) is 19.5 Å². The molecule has 1 saturated heterocycles. The first-order valence-electron chi connectivity index (χ1n) is 8.40. The first-order valence-corrected chi connectivity index (χ1v) is 9.21. The molecular formula is C17H21N5O3S. The van der Waals surface area contributed by atoms with E-state index < -0.39 is 6.04 Å². The summed E-state index contributed by atoms with van der Waals surface area (Å²) in [5, 5.41) is 14.6. The van der Waals surface area contributed by atoms with E-state index in [0.29, 0.717) is 37.9 Å². The lowest BCUT2D eigenvalue weighted by atomic mass is 10.1. The molecule has 1 fully saturated rings. The molecule has 3 rings (SSSR count). The molecule has 2 N–H and O–H groups in total.